The minimum absolute atomic E-state index is 0.0232. The lowest BCUT2D eigenvalue weighted by molar-refractivity contribution is -0.134. The molecule has 1 fully saturated rings. The Morgan fingerprint density at radius 1 is 1.17 bits per heavy atom. The van der Waals surface area contributed by atoms with E-state index in [9.17, 15) is 9.59 Å². The van der Waals surface area contributed by atoms with E-state index in [1.54, 1.807) is 11.3 Å². The maximum absolute atomic E-state index is 12.7. The maximum Gasteiger partial charge on any atom is 0.225 e. The molecule has 160 valence electrons. The van der Waals surface area contributed by atoms with Gasteiger partial charge in [0.2, 0.25) is 11.8 Å². The second-order valence-electron chi connectivity index (χ2n) is 8.48. The van der Waals surface area contributed by atoms with Gasteiger partial charge in [0.25, 0.3) is 0 Å². The maximum atomic E-state index is 12.7. The van der Waals surface area contributed by atoms with Crippen molar-refractivity contribution in [1.29, 1.82) is 0 Å². The number of aromatic nitrogens is 1. The first kappa shape index (κ1) is 20.8. The summed E-state index contributed by atoms with van der Waals surface area (Å²) in [5.74, 6) is 0.446. The zero-order chi connectivity index (χ0) is 21.1. The van der Waals surface area contributed by atoms with E-state index in [1.807, 2.05) is 49.1 Å². The molecule has 0 saturated carbocycles. The Bertz CT molecular complexity index is 888. The predicted molar refractivity (Wildman–Crippen MR) is 120 cm³/mol. The minimum Gasteiger partial charge on any atom is -0.352 e. The van der Waals surface area contributed by atoms with Gasteiger partial charge in [-0.15, -0.1) is 11.3 Å². The molecule has 1 atom stereocenters. The molecule has 2 amide bonds. The van der Waals surface area contributed by atoms with Crippen LogP contribution in [0.4, 0.5) is 5.13 Å². The van der Waals surface area contributed by atoms with Crippen LogP contribution in [0.3, 0.4) is 0 Å². The number of fused-ring (bicyclic) bond motifs is 1. The summed E-state index contributed by atoms with van der Waals surface area (Å²) in [6.07, 6.45) is 2.49. The summed E-state index contributed by atoms with van der Waals surface area (Å²) < 4.78 is 0. The number of thiazole rings is 1. The number of hydrogen-bond donors (Lipinski definition) is 1. The number of nitrogens with one attached hydrogen (secondary N) is 1. The van der Waals surface area contributed by atoms with Gasteiger partial charge in [-0.25, -0.2) is 4.98 Å². The molecule has 2 aromatic rings. The molecule has 0 spiro atoms. The summed E-state index contributed by atoms with van der Waals surface area (Å²) in [5.41, 5.74) is 2.28. The number of rotatable bonds is 5. The second kappa shape index (κ2) is 9.16. The monoisotopic (exact) mass is 426 g/mol. The van der Waals surface area contributed by atoms with E-state index in [4.69, 9.17) is 4.98 Å². The standard InChI is InChI=1S/C23H30N4O2S/c1-16(2)22(29)26-10-12-27(13-11-26)23-25-19-9-8-18(14-20(19)30-23)21(28)24-15-17-6-4-3-5-7-17/h3-7,16,18H,8-15H2,1-2H3,(H,24,28)/t18-/m1/s1. The quantitative estimate of drug-likeness (QED) is 0.799. The van der Waals surface area contributed by atoms with Crippen LogP contribution in [0.5, 0.6) is 0 Å². The molecular weight excluding hydrogens is 396 g/mol. The normalized spacial score (nSPS) is 19.0. The van der Waals surface area contributed by atoms with Gasteiger partial charge in [-0.2, -0.15) is 0 Å². The Hall–Kier alpha value is -2.41. The van der Waals surface area contributed by atoms with E-state index in [0.29, 0.717) is 6.54 Å². The van der Waals surface area contributed by atoms with Gasteiger partial charge in [-0.1, -0.05) is 44.2 Å². The summed E-state index contributed by atoms with van der Waals surface area (Å²) in [6.45, 7) is 7.65. The number of benzene rings is 1. The third-order valence-corrected chi connectivity index (χ3v) is 7.15. The van der Waals surface area contributed by atoms with Gasteiger partial charge in [0, 0.05) is 49.4 Å². The Morgan fingerprint density at radius 2 is 1.90 bits per heavy atom. The molecule has 1 aliphatic carbocycles. The SMILES string of the molecule is CC(C)C(=O)N1CCN(c2nc3c(s2)C[C@H](C(=O)NCc2ccccc2)CC3)CC1. The molecule has 0 unspecified atom stereocenters. The van der Waals surface area contributed by atoms with E-state index in [-0.39, 0.29) is 23.7 Å². The fourth-order valence-electron chi connectivity index (χ4n) is 4.13. The Kier molecular flexibility index (Phi) is 6.37. The molecule has 6 nitrogen and oxygen atoms in total. The lowest BCUT2D eigenvalue weighted by atomic mass is 9.90. The Labute approximate surface area is 182 Å². The lowest BCUT2D eigenvalue weighted by Crippen LogP contribution is -2.49. The van der Waals surface area contributed by atoms with Crippen LogP contribution in [-0.2, 0) is 29.0 Å². The van der Waals surface area contributed by atoms with Crippen LogP contribution in [0.2, 0.25) is 0 Å². The highest BCUT2D eigenvalue weighted by Crippen LogP contribution is 2.34. The fourth-order valence-corrected chi connectivity index (χ4v) is 5.37. The van der Waals surface area contributed by atoms with Gasteiger partial charge >= 0.3 is 0 Å². The number of anilines is 1. The van der Waals surface area contributed by atoms with Crippen LogP contribution >= 0.6 is 11.3 Å². The van der Waals surface area contributed by atoms with Crippen LogP contribution in [0.25, 0.3) is 0 Å². The summed E-state index contributed by atoms with van der Waals surface area (Å²) >= 11 is 1.72. The van der Waals surface area contributed by atoms with Crippen molar-refractivity contribution in [3.05, 3.63) is 46.5 Å². The van der Waals surface area contributed by atoms with E-state index >= 15 is 0 Å². The van der Waals surface area contributed by atoms with Crippen molar-refractivity contribution < 1.29 is 9.59 Å². The van der Waals surface area contributed by atoms with Crippen molar-refractivity contribution in [2.24, 2.45) is 11.8 Å². The minimum atomic E-state index is 0.0232. The van der Waals surface area contributed by atoms with E-state index < -0.39 is 0 Å². The van der Waals surface area contributed by atoms with E-state index in [0.717, 1.165) is 61.8 Å². The number of piperazine rings is 1. The molecule has 0 radical (unpaired) electrons. The first-order chi connectivity index (χ1) is 14.5. The third-order valence-electron chi connectivity index (χ3n) is 5.96. The van der Waals surface area contributed by atoms with Gasteiger partial charge in [0.1, 0.15) is 0 Å². The van der Waals surface area contributed by atoms with Gasteiger partial charge in [0.05, 0.1) is 5.69 Å². The zero-order valence-corrected chi connectivity index (χ0v) is 18.6. The average molecular weight is 427 g/mol. The molecule has 1 aromatic carbocycles. The number of hydrogen-bond acceptors (Lipinski definition) is 5. The number of aryl methyl sites for hydroxylation is 1. The lowest BCUT2D eigenvalue weighted by Gasteiger charge is -2.35. The van der Waals surface area contributed by atoms with Gasteiger partial charge in [-0.3, -0.25) is 9.59 Å². The largest absolute Gasteiger partial charge is 0.352 e. The second-order valence-corrected chi connectivity index (χ2v) is 9.54. The number of amides is 2. The first-order valence-electron chi connectivity index (χ1n) is 10.8. The molecule has 1 aliphatic heterocycles. The third kappa shape index (κ3) is 4.67. The summed E-state index contributed by atoms with van der Waals surface area (Å²) in [6, 6.07) is 10.0. The van der Waals surface area contributed by atoms with Crippen molar-refractivity contribution in [1.82, 2.24) is 15.2 Å². The summed E-state index contributed by atoms with van der Waals surface area (Å²) in [7, 11) is 0. The highest BCUT2D eigenvalue weighted by atomic mass is 32.1. The molecule has 7 heteroatoms. The summed E-state index contributed by atoms with van der Waals surface area (Å²) in [5, 5.41) is 4.14. The van der Waals surface area contributed by atoms with Crippen molar-refractivity contribution in [2.45, 2.75) is 39.7 Å². The average Bonchev–Trinajstić information content (AvgIpc) is 3.21. The van der Waals surface area contributed by atoms with Crippen molar-refractivity contribution in [3.63, 3.8) is 0 Å². The van der Waals surface area contributed by atoms with E-state index in [1.165, 1.54) is 4.88 Å². The van der Waals surface area contributed by atoms with Crippen LogP contribution in [-0.4, -0.2) is 47.9 Å². The molecular formula is C23H30N4O2S. The number of carbonyl (C=O) groups excluding carboxylic acids is 2. The highest BCUT2D eigenvalue weighted by Gasteiger charge is 2.30. The predicted octanol–water partition coefficient (Wildman–Crippen LogP) is 2.87. The highest BCUT2D eigenvalue weighted by molar-refractivity contribution is 7.15. The first-order valence-corrected chi connectivity index (χ1v) is 11.7. The molecule has 1 N–H and O–H groups in total. The molecule has 2 heterocycles. The Balaban J connectivity index is 1.32. The molecule has 2 aliphatic rings. The van der Waals surface area contributed by atoms with Crippen molar-refractivity contribution >= 4 is 28.3 Å². The zero-order valence-electron chi connectivity index (χ0n) is 17.8. The Morgan fingerprint density at radius 3 is 2.60 bits per heavy atom. The summed E-state index contributed by atoms with van der Waals surface area (Å²) in [4.78, 5) is 35.2. The molecule has 30 heavy (non-hydrogen) atoms. The number of carbonyl (C=O) groups is 2. The van der Waals surface area contributed by atoms with Gasteiger partial charge in [-0.05, 0) is 24.8 Å². The van der Waals surface area contributed by atoms with Gasteiger partial charge in [0.15, 0.2) is 5.13 Å². The van der Waals surface area contributed by atoms with Crippen LogP contribution in [0.1, 0.15) is 36.4 Å². The van der Waals surface area contributed by atoms with Crippen molar-refractivity contribution in [3.8, 4) is 0 Å². The molecule has 4 rings (SSSR count). The number of nitrogens with zero attached hydrogens (tertiary/aromatic N) is 3. The van der Waals surface area contributed by atoms with E-state index in [2.05, 4.69) is 10.2 Å². The fraction of sp³-hybridized carbons (Fsp3) is 0.522. The van der Waals surface area contributed by atoms with Crippen LogP contribution in [0, 0.1) is 11.8 Å². The molecule has 0 bridgehead atoms. The van der Waals surface area contributed by atoms with Crippen LogP contribution in [0.15, 0.2) is 30.3 Å². The smallest absolute Gasteiger partial charge is 0.225 e. The molecule has 1 saturated heterocycles. The van der Waals surface area contributed by atoms with Crippen LogP contribution < -0.4 is 10.2 Å². The van der Waals surface area contributed by atoms with Gasteiger partial charge < -0.3 is 15.1 Å². The molecule has 1 aromatic heterocycles. The topological polar surface area (TPSA) is 65.5 Å². The van der Waals surface area contributed by atoms with Crippen molar-refractivity contribution in [2.75, 3.05) is 31.1 Å².